The van der Waals surface area contributed by atoms with Gasteiger partial charge in [0.25, 0.3) is 0 Å². The molecule has 106 valence electrons. The fraction of sp³-hybridized carbons (Fsp3) is 0.429. The summed E-state index contributed by atoms with van der Waals surface area (Å²) in [6, 6.07) is 7.93. The largest absolute Gasteiger partial charge is 0.379 e. The van der Waals surface area contributed by atoms with E-state index in [0.29, 0.717) is 12.2 Å². The number of morpholine rings is 1. The van der Waals surface area contributed by atoms with E-state index in [1.54, 1.807) is 0 Å². The fourth-order valence-corrected chi connectivity index (χ4v) is 2.99. The van der Waals surface area contributed by atoms with Gasteiger partial charge in [0, 0.05) is 31.4 Å². The number of ether oxygens (including phenoxy) is 1. The predicted molar refractivity (Wildman–Crippen MR) is 80.1 cm³/mol. The molecule has 0 atom stereocenters. The zero-order valence-corrected chi connectivity index (χ0v) is 12.0. The molecule has 1 saturated heterocycles. The van der Waals surface area contributed by atoms with E-state index in [9.17, 15) is 4.79 Å². The Morgan fingerprint density at radius 3 is 3.00 bits per heavy atom. The Hall–Kier alpha value is -1.50. The Balaban J connectivity index is 1.55. The number of amides is 1. The number of carbonyl (C=O) groups excluding carboxylic acids is 1. The number of hydrogen-bond donors (Lipinski definition) is 1. The van der Waals surface area contributed by atoms with E-state index < -0.39 is 0 Å². The van der Waals surface area contributed by atoms with Crippen molar-refractivity contribution in [1.82, 2.24) is 9.27 Å². The van der Waals surface area contributed by atoms with E-state index in [1.807, 2.05) is 24.3 Å². The number of nitrogens with one attached hydrogen (secondary N) is 1. The van der Waals surface area contributed by atoms with E-state index >= 15 is 0 Å². The van der Waals surface area contributed by atoms with Crippen LogP contribution in [0.3, 0.4) is 0 Å². The number of anilines is 1. The highest BCUT2D eigenvalue weighted by atomic mass is 32.1. The number of rotatable bonds is 4. The Morgan fingerprint density at radius 1 is 1.35 bits per heavy atom. The molecule has 5 nitrogen and oxygen atoms in total. The molecule has 0 bridgehead atoms. The standard InChI is InChI=1S/C14H17N3O2S/c18-13(5-6-17-7-9-19-10-8-17)15-14-11-3-1-2-4-12(11)20-16-14/h1-4H,5-10H2,(H,15,16,18). The van der Waals surface area contributed by atoms with Gasteiger partial charge in [0.05, 0.1) is 17.9 Å². The summed E-state index contributed by atoms with van der Waals surface area (Å²) in [6.45, 7) is 4.12. The van der Waals surface area contributed by atoms with Gasteiger partial charge in [-0.3, -0.25) is 9.69 Å². The fourth-order valence-electron chi connectivity index (χ4n) is 2.26. The van der Waals surface area contributed by atoms with E-state index in [4.69, 9.17) is 4.74 Å². The number of carbonyl (C=O) groups is 1. The van der Waals surface area contributed by atoms with Crippen LogP contribution in [0.5, 0.6) is 0 Å². The van der Waals surface area contributed by atoms with Gasteiger partial charge >= 0.3 is 0 Å². The molecule has 0 spiro atoms. The van der Waals surface area contributed by atoms with Crippen molar-refractivity contribution in [3.63, 3.8) is 0 Å². The number of aromatic nitrogens is 1. The Labute approximate surface area is 121 Å². The van der Waals surface area contributed by atoms with Crippen LogP contribution in [-0.2, 0) is 9.53 Å². The summed E-state index contributed by atoms with van der Waals surface area (Å²) in [7, 11) is 0. The molecule has 1 aliphatic heterocycles. The van der Waals surface area contributed by atoms with E-state index in [2.05, 4.69) is 14.6 Å². The molecule has 0 unspecified atom stereocenters. The zero-order chi connectivity index (χ0) is 13.8. The molecule has 2 aromatic rings. The number of hydrogen-bond acceptors (Lipinski definition) is 5. The topological polar surface area (TPSA) is 54.5 Å². The molecule has 1 fully saturated rings. The van der Waals surface area contributed by atoms with Crippen LogP contribution in [0.15, 0.2) is 24.3 Å². The molecule has 3 rings (SSSR count). The highest BCUT2D eigenvalue weighted by Gasteiger charge is 2.13. The molecule has 6 heteroatoms. The minimum atomic E-state index is 0.0209. The van der Waals surface area contributed by atoms with Crippen LogP contribution in [0.4, 0.5) is 5.82 Å². The minimum absolute atomic E-state index is 0.0209. The summed E-state index contributed by atoms with van der Waals surface area (Å²) in [6.07, 6.45) is 0.492. The summed E-state index contributed by atoms with van der Waals surface area (Å²) in [5, 5.41) is 3.92. The van der Waals surface area contributed by atoms with Gasteiger partial charge < -0.3 is 10.1 Å². The minimum Gasteiger partial charge on any atom is -0.379 e. The molecule has 0 aliphatic carbocycles. The third-order valence-electron chi connectivity index (χ3n) is 3.39. The van der Waals surface area contributed by atoms with Gasteiger partial charge in [-0.05, 0) is 23.7 Å². The second-order valence-corrected chi connectivity index (χ2v) is 5.58. The van der Waals surface area contributed by atoms with Gasteiger partial charge in [-0.25, -0.2) is 0 Å². The third-order valence-corrected chi connectivity index (χ3v) is 4.22. The van der Waals surface area contributed by atoms with E-state index in [1.165, 1.54) is 11.5 Å². The van der Waals surface area contributed by atoms with Gasteiger partial charge in [0.2, 0.25) is 5.91 Å². The summed E-state index contributed by atoms with van der Waals surface area (Å²) in [4.78, 5) is 14.2. The number of fused-ring (bicyclic) bond motifs is 1. The van der Waals surface area contributed by atoms with Crippen molar-refractivity contribution in [2.24, 2.45) is 0 Å². The van der Waals surface area contributed by atoms with Crippen LogP contribution in [0.2, 0.25) is 0 Å². The lowest BCUT2D eigenvalue weighted by Gasteiger charge is -2.26. The first kappa shape index (κ1) is 13.5. The second-order valence-electron chi connectivity index (χ2n) is 4.78. The van der Waals surface area contributed by atoms with Crippen molar-refractivity contribution in [3.05, 3.63) is 24.3 Å². The molecule has 1 amide bonds. The first-order valence-electron chi connectivity index (χ1n) is 6.77. The Kier molecular flexibility index (Phi) is 4.25. The van der Waals surface area contributed by atoms with Crippen molar-refractivity contribution in [1.29, 1.82) is 0 Å². The van der Waals surface area contributed by atoms with Crippen LogP contribution < -0.4 is 5.32 Å². The van der Waals surface area contributed by atoms with Gasteiger partial charge in [-0.2, -0.15) is 4.37 Å². The Bertz CT molecular complexity index is 593. The average Bonchev–Trinajstić information content (AvgIpc) is 2.90. The molecule has 0 radical (unpaired) electrons. The smallest absolute Gasteiger partial charge is 0.226 e. The number of benzene rings is 1. The summed E-state index contributed by atoms with van der Waals surface area (Å²) in [5.41, 5.74) is 0. The summed E-state index contributed by atoms with van der Waals surface area (Å²) in [5.74, 6) is 0.699. The molecule has 1 aliphatic rings. The molecule has 2 heterocycles. The van der Waals surface area contributed by atoms with E-state index in [-0.39, 0.29) is 5.91 Å². The van der Waals surface area contributed by atoms with Crippen molar-refractivity contribution in [2.75, 3.05) is 38.2 Å². The average molecular weight is 291 g/mol. The maximum atomic E-state index is 12.0. The monoisotopic (exact) mass is 291 g/mol. The maximum Gasteiger partial charge on any atom is 0.226 e. The predicted octanol–water partition coefficient (Wildman–Crippen LogP) is 1.96. The Morgan fingerprint density at radius 2 is 2.15 bits per heavy atom. The van der Waals surface area contributed by atoms with Crippen molar-refractivity contribution in [3.8, 4) is 0 Å². The first-order valence-corrected chi connectivity index (χ1v) is 7.54. The van der Waals surface area contributed by atoms with Crippen LogP contribution in [0.1, 0.15) is 6.42 Å². The molecular formula is C14H17N3O2S. The number of nitrogens with zero attached hydrogens (tertiary/aromatic N) is 2. The second kappa shape index (κ2) is 6.30. The molecule has 1 aromatic carbocycles. The lowest BCUT2D eigenvalue weighted by molar-refractivity contribution is -0.116. The van der Waals surface area contributed by atoms with Crippen LogP contribution >= 0.6 is 11.5 Å². The van der Waals surface area contributed by atoms with Crippen molar-refractivity contribution < 1.29 is 9.53 Å². The normalized spacial score (nSPS) is 16.4. The van der Waals surface area contributed by atoms with Gasteiger partial charge in [-0.15, -0.1) is 0 Å². The van der Waals surface area contributed by atoms with Crippen LogP contribution in [0, 0.1) is 0 Å². The SMILES string of the molecule is O=C(CCN1CCOCC1)Nc1nsc2ccccc12. The molecule has 20 heavy (non-hydrogen) atoms. The van der Waals surface area contributed by atoms with Crippen molar-refractivity contribution in [2.45, 2.75) is 6.42 Å². The quantitative estimate of drug-likeness (QED) is 0.935. The third kappa shape index (κ3) is 3.15. The molecule has 0 saturated carbocycles. The van der Waals surface area contributed by atoms with Gasteiger partial charge in [0.15, 0.2) is 5.82 Å². The van der Waals surface area contributed by atoms with E-state index in [0.717, 1.165) is 42.9 Å². The molecular weight excluding hydrogens is 274 g/mol. The van der Waals surface area contributed by atoms with Crippen LogP contribution in [-0.4, -0.2) is 48.0 Å². The summed E-state index contributed by atoms with van der Waals surface area (Å²) >= 11 is 1.41. The lowest BCUT2D eigenvalue weighted by Crippen LogP contribution is -2.38. The highest BCUT2D eigenvalue weighted by Crippen LogP contribution is 2.26. The van der Waals surface area contributed by atoms with Crippen molar-refractivity contribution >= 4 is 33.3 Å². The van der Waals surface area contributed by atoms with Gasteiger partial charge in [0.1, 0.15) is 0 Å². The lowest BCUT2D eigenvalue weighted by atomic mass is 10.2. The maximum absolute atomic E-state index is 12.0. The zero-order valence-electron chi connectivity index (χ0n) is 11.2. The summed E-state index contributed by atoms with van der Waals surface area (Å²) < 4.78 is 10.7. The molecule has 1 aromatic heterocycles. The highest BCUT2D eigenvalue weighted by molar-refractivity contribution is 7.13. The first-order chi connectivity index (χ1) is 9.83. The van der Waals surface area contributed by atoms with Gasteiger partial charge in [-0.1, -0.05) is 12.1 Å². The van der Waals surface area contributed by atoms with Crippen LogP contribution in [0.25, 0.3) is 10.1 Å². The molecule has 1 N–H and O–H groups in total.